The molecule has 0 aliphatic rings. The van der Waals surface area contributed by atoms with Gasteiger partial charge in [-0.15, -0.1) is 0 Å². The molecule has 0 fully saturated rings. The van der Waals surface area contributed by atoms with Crippen LogP contribution in [0.15, 0.2) is 42.7 Å². The second-order valence-electron chi connectivity index (χ2n) is 3.33. The molecule has 0 atom stereocenters. The van der Waals surface area contributed by atoms with Gasteiger partial charge in [0.15, 0.2) is 0 Å². The van der Waals surface area contributed by atoms with Gasteiger partial charge < -0.3 is 10.8 Å². The summed E-state index contributed by atoms with van der Waals surface area (Å²) in [4.78, 5) is 4.11. The lowest BCUT2D eigenvalue weighted by Gasteiger charge is -2.03. The molecule has 15 heavy (non-hydrogen) atoms. The van der Waals surface area contributed by atoms with Crippen LogP contribution in [-0.4, -0.2) is 10.1 Å². The van der Waals surface area contributed by atoms with E-state index in [9.17, 15) is 0 Å². The molecule has 0 spiro atoms. The Morgan fingerprint density at radius 3 is 2.47 bits per heavy atom. The Balaban J connectivity index is 2.40. The standard InChI is InChI=1S/C12H12N2O/c13-6-9-5-11(8-14-7-9)10-1-3-12(15)4-2-10/h1-5,7-8,15H,6,13H2. The number of hydrogen-bond acceptors (Lipinski definition) is 3. The maximum atomic E-state index is 9.17. The predicted octanol–water partition coefficient (Wildman–Crippen LogP) is 1.91. The lowest BCUT2D eigenvalue weighted by Crippen LogP contribution is -1.96. The van der Waals surface area contributed by atoms with Crippen molar-refractivity contribution in [3.05, 3.63) is 48.3 Å². The Morgan fingerprint density at radius 1 is 1.07 bits per heavy atom. The van der Waals surface area contributed by atoms with Crippen LogP contribution in [0.5, 0.6) is 5.75 Å². The fourth-order valence-corrected chi connectivity index (χ4v) is 1.41. The minimum Gasteiger partial charge on any atom is -0.508 e. The van der Waals surface area contributed by atoms with Crippen LogP contribution in [0.4, 0.5) is 0 Å². The first-order chi connectivity index (χ1) is 7.29. The van der Waals surface area contributed by atoms with Gasteiger partial charge in [-0.25, -0.2) is 0 Å². The summed E-state index contributed by atoms with van der Waals surface area (Å²) in [6, 6.07) is 9.02. The fourth-order valence-electron chi connectivity index (χ4n) is 1.41. The molecule has 3 N–H and O–H groups in total. The van der Waals surface area contributed by atoms with E-state index in [4.69, 9.17) is 10.8 Å². The molecule has 0 aliphatic carbocycles. The number of aromatic nitrogens is 1. The van der Waals surface area contributed by atoms with Crippen molar-refractivity contribution in [2.75, 3.05) is 0 Å². The molecule has 0 radical (unpaired) electrons. The van der Waals surface area contributed by atoms with Gasteiger partial charge in [-0.05, 0) is 29.3 Å². The molecule has 0 saturated carbocycles. The second kappa shape index (κ2) is 4.11. The van der Waals surface area contributed by atoms with Gasteiger partial charge in [0.05, 0.1) is 0 Å². The molecule has 0 amide bonds. The Hall–Kier alpha value is -1.87. The van der Waals surface area contributed by atoms with Crippen molar-refractivity contribution in [1.82, 2.24) is 4.98 Å². The third-order valence-corrected chi connectivity index (χ3v) is 2.23. The number of nitrogens with two attached hydrogens (primary N) is 1. The van der Waals surface area contributed by atoms with E-state index in [1.54, 1.807) is 24.5 Å². The highest BCUT2D eigenvalue weighted by Crippen LogP contribution is 2.21. The third kappa shape index (κ3) is 2.14. The third-order valence-electron chi connectivity index (χ3n) is 2.23. The predicted molar refractivity (Wildman–Crippen MR) is 59.2 cm³/mol. The van der Waals surface area contributed by atoms with Crippen LogP contribution in [0.2, 0.25) is 0 Å². The zero-order valence-corrected chi connectivity index (χ0v) is 8.22. The minimum atomic E-state index is 0.265. The maximum Gasteiger partial charge on any atom is 0.115 e. The van der Waals surface area contributed by atoms with Gasteiger partial charge in [0.2, 0.25) is 0 Å². The van der Waals surface area contributed by atoms with E-state index in [2.05, 4.69) is 4.98 Å². The summed E-state index contributed by atoms with van der Waals surface area (Å²) in [6.07, 6.45) is 3.54. The molecule has 1 aromatic heterocycles. The van der Waals surface area contributed by atoms with Crippen LogP contribution in [0.25, 0.3) is 11.1 Å². The first-order valence-corrected chi connectivity index (χ1v) is 4.73. The van der Waals surface area contributed by atoms with Gasteiger partial charge in [-0.2, -0.15) is 0 Å². The highest BCUT2D eigenvalue weighted by atomic mass is 16.3. The minimum absolute atomic E-state index is 0.265. The molecule has 3 nitrogen and oxygen atoms in total. The SMILES string of the molecule is NCc1cncc(-c2ccc(O)cc2)c1. The summed E-state index contributed by atoms with van der Waals surface area (Å²) in [5.41, 5.74) is 8.58. The van der Waals surface area contributed by atoms with Gasteiger partial charge in [0, 0.05) is 24.5 Å². The number of nitrogens with zero attached hydrogens (tertiary/aromatic N) is 1. The normalized spacial score (nSPS) is 10.2. The van der Waals surface area contributed by atoms with Crippen LogP contribution < -0.4 is 5.73 Å². The summed E-state index contributed by atoms with van der Waals surface area (Å²) in [5.74, 6) is 0.265. The van der Waals surface area contributed by atoms with E-state index in [-0.39, 0.29) is 5.75 Å². The summed E-state index contributed by atoms with van der Waals surface area (Å²) in [5, 5.41) is 9.17. The number of phenols is 1. The second-order valence-corrected chi connectivity index (χ2v) is 3.33. The topological polar surface area (TPSA) is 59.1 Å². The first-order valence-electron chi connectivity index (χ1n) is 4.73. The van der Waals surface area contributed by atoms with Crippen molar-refractivity contribution in [3.8, 4) is 16.9 Å². The molecular weight excluding hydrogens is 188 g/mol. The molecule has 0 aliphatic heterocycles. The van der Waals surface area contributed by atoms with Gasteiger partial charge in [0.1, 0.15) is 5.75 Å². The van der Waals surface area contributed by atoms with E-state index in [1.165, 1.54) is 0 Å². The molecule has 1 heterocycles. The summed E-state index contributed by atoms with van der Waals surface area (Å²) in [7, 11) is 0. The number of benzene rings is 1. The molecule has 0 unspecified atom stereocenters. The van der Waals surface area contributed by atoms with Gasteiger partial charge in [-0.3, -0.25) is 4.98 Å². The summed E-state index contributed by atoms with van der Waals surface area (Å²) >= 11 is 0. The molecular formula is C12H12N2O. The van der Waals surface area contributed by atoms with Crippen LogP contribution in [-0.2, 0) is 6.54 Å². The Morgan fingerprint density at radius 2 is 1.80 bits per heavy atom. The lowest BCUT2D eigenvalue weighted by atomic mass is 10.1. The van der Waals surface area contributed by atoms with Gasteiger partial charge >= 0.3 is 0 Å². The highest BCUT2D eigenvalue weighted by Gasteiger charge is 1.99. The van der Waals surface area contributed by atoms with Crippen molar-refractivity contribution < 1.29 is 5.11 Å². The van der Waals surface area contributed by atoms with Crippen molar-refractivity contribution >= 4 is 0 Å². The van der Waals surface area contributed by atoms with Crippen LogP contribution in [0.1, 0.15) is 5.56 Å². The molecule has 1 aromatic carbocycles. The quantitative estimate of drug-likeness (QED) is 0.778. The zero-order valence-electron chi connectivity index (χ0n) is 8.22. The van der Waals surface area contributed by atoms with Crippen molar-refractivity contribution in [1.29, 1.82) is 0 Å². The smallest absolute Gasteiger partial charge is 0.115 e. The molecule has 3 heteroatoms. The molecule has 2 aromatic rings. The molecule has 0 bridgehead atoms. The number of pyridine rings is 1. The van der Waals surface area contributed by atoms with Gasteiger partial charge in [-0.1, -0.05) is 12.1 Å². The zero-order chi connectivity index (χ0) is 10.7. The fraction of sp³-hybridized carbons (Fsp3) is 0.0833. The lowest BCUT2D eigenvalue weighted by molar-refractivity contribution is 0.475. The molecule has 2 rings (SSSR count). The van der Waals surface area contributed by atoms with Crippen molar-refractivity contribution in [3.63, 3.8) is 0 Å². The van der Waals surface area contributed by atoms with E-state index >= 15 is 0 Å². The Labute approximate surface area is 88.2 Å². The van der Waals surface area contributed by atoms with Crippen molar-refractivity contribution in [2.45, 2.75) is 6.54 Å². The first kappa shape index (κ1) is 9.68. The van der Waals surface area contributed by atoms with Crippen LogP contribution in [0, 0.1) is 0 Å². The summed E-state index contributed by atoms with van der Waals surface area (Å²) in [6.45, 7) is 0.485. The monoisotopic (exact) mass is 200 g/mol. The number of rotatable bonds is 2. The average Bonchev–Trinajstić information content (AvgIpc) is 2.30. The Kier molecular flexibility index (Phi) is 2.65. The van der Waals surface area contributed by atoms with Crippen LogP contribution in [0.3, 0.4) is 0 Å². The van der Waals surface area contributed by atoms with Crippen molar-refractivity contribution in [2.24, 2.45) is 5.73 Å². The molecule has 0 saturated heterocycles. The Bertz CT molecular complexity index is 451. The number of hydrogen-bond donors (Lipinski definition) is 2. The highest BCUT2D eigenvalue weighted by molar-refractivity contribution is 5.63. The maximum absolute atomic E-state index is 9.17. The van der Waals surface area contributed by atoms with E-state index in [0.29, 0.717) is 6.54 Å². The number of phenolic OH excluding ortho intramolecular Hbond substituents is 1. The number of aromatic hydroxyl groups is 1. The molecule has 76 valence electrons. The average molecular weight is 200 g/mol. The van der Waals surface area contributed by atoms with E-state index in [0.717, 1.165) is 16.7 Å². The van der Waals surface area contributed by atoms with E-state index < -0.39 is 0 Å². The largest absolute Gasteiger partial charge is 0.508 e. The van der Waals surface area contributed by atoms with Crippen LogP contribution >= 0.6 is 0 Å². The van der Waals surface area contributed by atoms with Gasteiger partial charge in [0.25, 0.3) is 0 Å². The summed E-state index contributed by atoms with van der Waals surface area (Å²) < 4.78 is 0. The van der Waals surface area contributed by atoms with E-state index in [1.807, 2.05) is 18.2 Å².